The maximum absolute atomic E-state index is 12.0. The summed E-state index contributed by atoms with van der Waals surface area (Å²) in [6.45, 7) is 0.266. The molecule has 2 rings (SSSR count). The van der Waals surface area contributed by atoms with E-state index in [2.05, 4.69) is 5.32 Å². The van der Waals surface area contributed by atoms with E-state index in [4.69, 9.17) is 10.5 Å². The molecule has 0 saturated heterocycles. The van der Waals surface area contributed by atoms with Gasteiger partial charge < -0.3 is 20.4 Å². The van der Waals surface area contributed by atoms with Crippen molar-refractivity contribution in [1.29, 1.82) is 0 Å². The van der Waals surface area contributed by atoms with Crippen LogP contribution >= 0.6 is 0 Å². The van der Waals surface area contributed by atoms with Crippen LogP contribution in [0.4, 0.5) is 5.69 Å². The fraction of sp³-hybridized carbons (Fsp3) is 0.200. The molecule has 6 nitrogen and oxygen atoms in total. The second-order valence-corrected chi connectivity index (χ2v) is 4.62. The van der Waals surface area contributed by atoms with E-state index in [-0.39, 0.29) is 18.0 Å². The topological polar surface area (TPSA) is 86.3 Å². The van der Waals surface area contributed by atoms with Gasteiger partial charge in [-0.2, -0.15) is 0 Å². The van der Waals surface area contributed by atoms with E-state index in [9.17, 15) is 9.59 Å². The Morgan fingerprint density at radius 2 is 2.10 bits per heavy atom. The smallest absolute Gasteiger partial charge is 0.251 e. The lowest BCUT2D eigenvalue weighted by molar-refractivity contribution is 0.0950. The normalized spacial score (nSPS) is 10.2. The third kappa shape index (κ3) is 3.42. The first kappa shape index (κ1) is 14.6. The monoisotopic (exact) mass is 287 g/mol. The minimum atomic E-state index is -0.322. The summed E-state index contributed by atoms with van der Waals surface area (Å²) in [4.78, 5) is 23.5. The molecule has 0 aliphatic carbocycles. The Hall–Kier alpha value is -2.76. The highest BCUT2D eigenvalue weighted by Gasteiger charge is 2.09. The third-order valence-corrected chi connectivity index (χ3v) is 3.11. The Balaban J connectivity index is 2.12. The molecular formula is C15H17N3O3. The fourth-order valence-corrected chi connectivity index (χ4v) is 1.90. The molecule has 0 aliphatic heterocycles. The summed E-state index contributed by atoms with van der Waals surface area (Å²) in [5, 5.41) is 2.74. The van der Waals surface area contributed by atoms with E-state index >= 15 is 0 Å². The molecule has 1 heterocycles. The molecule has 0 spiro atoms. The van der Waals surface area contributed by atoms with E-state index in [0.29, 0.717) is 17.0 Å². The van der Waals surface area contributed by atoms with Crippen molar-refractivity contribution in [2.45, 2.75) is 6.54 Å². The number of rotatable bonds is 4. The number of carbonyl (C=O) groups is 1. The molecule has 3 N–H and O–H groups in total. The average molecular weight is 287 g/mol. The molecule has 6 heteroatoms. The molecule has 0 saturated carbocycles. The van der Waals surface area contributed by atoms with Gasteiger partial charge in [0.2, 0.25) is 0 Å². The number of ether oxygens (including phenoxy) is 1. The highest BCUT2D eigenvalue weighted by molar-refractivity contribution is 5.93. The van der Waals surface area contributed by atoms with Gasteiger partial charge in [-0.15, -0.1) is 0 Å². The first-order valence-electron chi connectivity index (χ1n) is 6.38. The highest BCUT2D eigenvalue weighted by atomic mass is 16.5. The number of pyridine rings is 1. The Kier molecular flexibility index (Phi) is 4.27. The number of methoxy groups -OCH3 is 1. The number of nitrogens with zero attached hydrogens (tertiary/aromatic N) is 1. The van der Waals surface area contributed by atoms with Crippen molar-refractivity contribution in [2.24, 2.45) is 7.05 Å². The van der Waals surface area contributed by atoms with Crippen LogP contribution in [-0.2, 0) is 13.6 Å². The Bertz CT molecular complexity index is 722. The molecule has 110 valence electrons. The number of benzene rings is 1. The van der Waals surface area contributed by atoms with Crippen LogP contribution in [0.2, 0.25) is 0 Å². The van der Waals surface area contributed by atoms with Crippen LogP contribution in [0.5, 0.6) is 5.75 Å². The van der Waals surface area contributed by atoms with Crippen molar-refractivity contribution in [3.05, 3.63) is 58.0 Å². The predicted molar refractivity (Wildman–Crippen MR) is 80.3 cm³/mol. The number of amides is 1. The molecule has 1 aromatic carbocycles. The molecule has 0 atom stereocenters. The first-order valence-corrected chi connectivity index (χ1v) is 6.38. The maximum Gasteiger partial charge on any atom is 0.251 e. The maximum atomic E-state index is 12.0. The van der Waals surface area contributed by atoms with E-state index in [1.54, 1.807) is 44.6 Å². The number of hydrogen-bond donors (Lipinski definition) is 2. The largest absolute Gasteiger partial charge is 0.496 e. The number of nitrogen functional groups attached to an aromatic ring is 1. The number of hydrogen-bond acceptors (Lipinski definition) is 4. The van der Waals surface area contributed by atoms with Crippen LogP contribution in [0.1, 0.15) is 15.9 Å². The van der Waals surface area contributed by atoms with Crippen molar-refractivity contribution in [1.82, 2.24) is 9.88 Å². The Labute approximate surface area is 122 Å². The van der Waals surface area contributed by atoms with Crippen LogP contribution in [0, 0.1) is 0 Å². The fourth-order valence-electron chi connectivity index (χ4n) is 1.90. The van der Waals surface area contributed by atoms with E-state index in [0.717, 1.165) is 5.56 Å². The van der Waals surface area contributed by atoms with Gasteiger partial charge in [0.15, 0.2) is 0 Å². The lowest BCUT2D eigenvalue weighted by Crippen LogP contribution is -2.26. The van der Waals surface area contributed by atoms with Crippen LogP contribution < -0.4 is 21.3 Å². The van der Waals surface area contributed by atoms with Gasteiger partial charge in [-0.25, -0.2) is 0 Å². The van der Waals surface area contributed by atoms with Crippen molar-refractivity contribution >= 4 is 11.6 Å². The second kappa shape index (κ2) is 6.13. The molecule has 0 radical (unpaired) electrons. The minimum absolute atomic E-state index is 0.232. The van der Waals surface area contributed by atoms with Crippen molar-refractivity contribution in [2.75, 3.05) is 12.8 Å². The van der Waals surface area contributed by atoms with Gasteiger partial charge in [0.1, 0.15) is 5.75 Å². The SMILES string of the molecule is COc1ccc(N)cc1CNC(=O)c1ccn(C)c(=O)c1. The summed E-state index contributed by atoms with van der Waals surface area (Å²) in [5.74, 6) is 0.325. The quantitative estimate of drug-likeness (QED) is 0.818. The molecule has 0 unspecified atom stereocenters. The van der Waals surface area contributed by atoms with Gasteiger partial charge in [0.05, 0.1) is 7.11 Å². The summed E-state index contributed by atoms with van der Waals surface area (Å²) >= 11 is 0. The van der Waals surface area contributed by atoms with Crippen LogP contribution in [0.25, 0.3) is 0 Å². The van der Waals surface area contributed by atoms with Crippen molar-refractivity contribution in [3.8, 4) is 5.75 Å². The summed E-state index contributed by atoms with van der Waals surface area (Å²) < 4.78 is 6.61. The molecular weight excluding hydrogens is 270 g/mol. The lowest BCUT2D eigenvalue weighted by Gasteiger charge is -2.10. The zero-order valence-corrected chi connectivity index (χ0v) is 11.9. The van der Waals surface area contributed by atoms with E-state index < -0.39 is 0 Å². The summed E-state index contributed by atoms with van der Waals surface area (Å²) in [6, 6.07) is 8.10. The summed E-state index contributed by atoms with van der Waals surface area (Å²) in [5.41, 5.74) is 7.18. The predicted octanol–water partition coefficient (Wildman–Crippen LogP) is 0.906. The third-order valence-electron chi connectivity index (χ3n) is 3.11. The molecule has 0 fully saturated rings. The van der Waals surface area contributed by atoms with Gasteiger partial charge >= 0.3 is 0 Å². The number of aromatic nitrogens is 1. The van der Waals surface area contributed by atoms with Gasteiger partial charge in [0.25, 0.3) is 11.5 Å². The Morgan fingerprint density at radius 3 is 2.76 bits per heavy atom. The van der Waals surface area contributed by atoms with Crippen molar-refractivity contribution < 1.29 is 9.53 Å². The number of aryl methyl sites for hydroxylation is 1. The molecule has 2 aromatic rings. The van der Waals surface area contributed by atoms with Crippen LogP contribution in [-0.4, -0.2) is 17.6 Å². The van der Waals surface area contributed by atoms with Gasteiger partial charge in [-0.3, -0.25) is 9.59 Å². The minimum Gasteiger partial charge on any atom is -0.496 e. The number of anilines is 1. The zero-order valence-electron chi connectivity index (χ0n) is 11.9. The van der Waals surface area contributed by atoms with Crippen LogP contribution in [0.3, 0.4) is 0 Å². The van der Waals surface area contributed by atoms with E-state index in [1.165, 1.54) is 10.6 Å². The van der Waals surface area contributed by atoms with Gasteiger partial charge in [0, 0.05) is 42.7 Å². The molecule has 1 amide bonds. The van der Waals surface area contributed by atoms with Gasteiger partial charge in [-0.1, -0.05) is 0 Å². The van der Waals surface area contributed by atoms with Crippen LogP contribution in [0.15, 0.2) is 41.3 Å². The molecule has 1 aromatic heterocycles. The first-order chi connectivity index (χ1) is 10.0. The van der Waals surface area contributed by atoms with E-state index in [1.807, 2.05) is 0 Å². The zero-order chi connectivity index (χ0) is 15.4. The Morgan fingerprint density at radius 1 is 1.33 bits per heavy atom. The van der Waals surface area contributed by atoms with Gasteiger partial charge in [-0.05, 0) is 24.3 Å². The molecule has 21 heavy (non-hydrogen) atoms. The average Bonchev–Trinajstić information content (AvgIpc) is 2.47. The lowest BCUT2D eigenvalue weighted by atomic mass is 10.1. The summed E-state index contributed by atoms with van der Waals surface area (Å²) in [6.07, 6.45) is 1.55. The highest BCUT2D eigenvalue weighted by Crippen LogP contribution is 2.20. The second-order valence-electron chi connectivity index (χ2n) is 4.62. The number of carbonyl (C=O) groups excluding carboxylic acids is 1. The number of nitrogens with two attached hydrogens (primary N) is 1. The standard InChI is InChI=1S/C15H17N3O3/c1-18-6-5-10(8-14(18)19)15(20)17-9-11-7-12(16)3-4-13(11)21-2/h3-8H,9,16H2,1-2H3,(H,17,20). The summed E-state index contributed by atoms with van der Waals surface area (Å²) in [7, 11) is 3.18. The molecule has 0 bridgehead atoms. The molecule has 0 aliphatic rings. The number of nitrogens with one attached hydrogen (secondary N) is 1. The van der Waals surface area contributed by atoms with Crippen molar-refractivity contribution in [3.63, 3.8) is 0 Å².